The molecule has 6 heteroatoms. The smallest absolute Gasteiger partial charge is 0.179 e. The molecule has 0 atom stereocenters. The van der Waals surface area contributed by atoms with Gasteiger partial charge < -0.3 is 15.2 Å². The first-order valence-corrected chi connectivity index (χ1v) is 7.73. The molecule has 2 heterocycles. The van der Waals surface area contributed by atoms with Gasteiger partial charge in [-0.3, -0.25) is 0 Å². The summed E-state index contributed by atoms with van der Waals surface area (Å²) >= 11 is 7.80. The Morgan fingerprint density at radius 3 is 2.90 bits per heavy atom. The first-order chi connectivity index (χ1) is 9.69. The molecule has 3 rings (SSSR count). The van der Waals surface area contributed by atoms with E-state index in [2.05, 4.69) is 11.9 Å². The molecular formula is C14H15ClN2O2S. The van der Waals surface area contributed by atoms with Crippen molar-refractivity contribution in [3.63, 3.8) is 0 Å². The molecule has 0 fully saturated rings. The van der Waals surface area contributed by atoms with Crippen LogP contribution in [0.3, 0.4) is 0 Å². The van der Waals surface area contributed by atoms with Crippen molar-refractivity contribution in [1.82, 2.24) is 4.98 Å². The Morgan fingerprint density at radius 2 is 2.15 bits per heavy atom. The number of aryl methyl sites for hydroxylation is 1. The number of nitrogens with zero attached hydrogens (tertiary/aromatic N) is 1. The fourth-order valence-corrected chi connectivity index (χ4v) is 3.16. The van der Waals surface area contributed by atoms with Gasteiger partial charge in [-0.1, -0.05) is 18.5 Å². The van der Waals surface area contributed by atoms with Gasteiger partial charge in [0.15, 0.2) is 11.5 Å². The first kappa shape index (κ1) is 13.5. The summed E-state index contributed by atoms with van der Waals surface area (Å²) < 4.78 is 11.3. The fraction of sp³-hybridized carbons (Fsp3) is 0.357. The molecule has 0 amide bonds. The zero-order valence-electron chi connectivity index (χ0n) is 11.1. The van der Waals surface area contributed by atoms with E-state index in [1.165, 1.54) is 11.3 Å². The maximum atomic E-state index is 6.29. The van der Waals surface area contributed by atoms with Gasteiger partial charge in [-0.25, -0.2) is 4.98 Å². The summed E-state index contributed by atoms with van der Waals surface area (Å²) in [7, 11) is 0. The normalized spacial score (nSPS) is 14.1. The number of hydrogen-bond donors (Lipinski definition) is 1. The van der Waals surface area contributed by atoms with E-state index in [0.29, 0.717) is 34.7 Å². The molecule has 0 radical (unpaired) electrons. The van der Waals surface area contributed by atoms with E-state index in [-0.39, 0.29) is 0 Å². The molecular weight excluding hydrogens is 296 g/mol. The third-order valence-corrected chi connectivity index (χ3v) is 4.39. The van der Waals surface area contributed by atoms with Crippen LogP contribution < -0.4 is 15.2 Å². The zero-order chi connectivity index (χ0) is 14.1. The summed E-state index contributed by atoms with van der Waals surface area (Å²) in [6, 6.07) is 3.73. The number of benzene rings is 1. The third-order valence-electron chi connectivity index (χ3n) is 3.08. The Labute approximate surface area is 126 Å². The predicted octanol–water partition coefficient (Wildman–Crippen LogP) is 3.77. The van der Waals surface area contributed by atoms with Crippen molar-refractivity contribution >= 4 is 27.9 Å². The average molecular weight is 311 g/mol. The fourth-order valence-electron chi connectivity index (χ4n) is 2.10. The van der Waals surface area contributed by atoms with Gasteiger partial charge in [0.1, 0.15) is 10.7 Å². The van der Waals surface area contributed by atoms with Crippen molar-refractivity contribution in [3.05, 3.63) is 22.2 Å². The second kappa shape index (κ2) is 5.50. The van der Waals surface area contributed by atoms with Gasteiger partial charge in [0.2, 0.25) is 0 Å². The van der Waals surface area contributed by atoms with E-state index in [9.17, 15) is 0 Å². The SMILES string of the molecule is CCc1nc(-c2cc(Cl)c3c(c2)OCCCO3)c(N)s1. The minimum absolute atomic E-state index is 0.532. The monoisotopic (exact) mass is 310 g/mol. The highest BCUT2D eigenvalue weighted by Gasteiger charge is 2.18. The van der Waals surface area contributed by atoms with Crippen LogP contribution >= 0.6 is 22.9 Å². The van der Waals surface area contributed by atoms with E-state index in [1.807, 2.05) is 12.1 Å². The van der Waals surface area contributed by atoms with Crippen LogP contribution in [0.5, 0.6) is 11.5 Å². The number of aromatic nitrogens is 1. The lowest BCUT2D eigenvalue weighted by molar-refractivity contribution is 0.297. The highest BCUT2D eigenvalue weighted by atomic mass is 35.5. The Morgan fingerprint density at radius 1 is 1.35 bits per heavy atom. The average Bonchev–Trinajstić information content (AvgIpc) is 2.66. The van der Waals surface area contributed by atoms with Crippen molar-refractivity contribution < 1.29 is 9.47 Å². The molecule has 106 valence electrons. The van der Waals surface area contributed by atoms with Crippen LogP contribution in [-0.4, -0.2) is 18.2 Å². The van der Waals surface area contributed by atoms with Gasteiger partial charge in [0, 0.05) is 12.0 Å². The Balaban J connectivity index is 2.08. The Hall–Kier alpha value is -1.46. The summed E-state index contributed by atoms with van der Waals surface area (Å²) in [6.07, 6.45) is 1.71. The van der Waals surface area contributed by atoms with E-state index >= 15 is 0 Å². The van der Waals surface area contributed by atoms with Gasteiger partial charge >= 0.3 is 0 Å². The maximum Gasteiger partial charge on any atom is 0.179 e. The summed E-state index contributed by atoms with van der Waals surface area (Å²) in [5.41, 5.74) is 7.68. The van der Waals surface area contributed by atoms with Crippen molar-refractivity contribution in [3.8, 4) is 22.8 Å². The van der Waals surface area contributed by atoms with E-state index < -0.39 is 0 Å². The number of nitrogen functional groups attached to an aromatic ring is 1. The molecule has 2 aromatic rings. The number of ether oxygens (including phenoxy) is 2. The van der Waals surface area contributed by atoms with Crippen LogP contribution in [0.4, 0.5) is 5.00 Å². The number of rotatable bonds is 2. The minimum Gasteiger partial charge on any atom is -0.489 e. The number of halogens is 1. The Bertz CT molecular complexity index is 642. The van der Waals surface area contributed by atoms with E-state index in [1.54, 1.807) is 0 Å². The van der Waals surface area contributed by atoms with Crippen LogP contribution in [-0.2, 0) is 6.42 Å². The lowest BCUT2D eigenvalue weighted by Gasteiger charge is -2.11. The quantitative estimate of drug-likeness (QED) is 0.917. The topological polar surface area (TPSA) is 57.4 Å². The standard InChI is InChI=1S/C14H15ClN2O2S/c1-2-11-17-12(14(16)20-11)8-6-9(15)13-10(7-8)18-4-3-5-19-13/h6-7H,2-5,16H2,1H3. The molecule has 4 nitrogen and oxygen atoms in total. The molecule has 0 saturated heterocycles. The molecule has 0 saturated carbocycles. The zero-order valence-corrected chi connectivity index (χ0v) is 12.7. The molecule has 1 aliphatic heterocycles. The molecule has 0 unspecified atom stereocenters. The molecule has 20 heavy (non-hydrogen) atoms. The maximum absolute atomic E-state index is 6.29. The summed E-state index contributed by atoms with van der Waals surface area (Å²) in [6.45, 7) is 3.30. The van der Waals surface area contributed by atoms with Gasteiger partial charge in [-0.15, -0.1) is 11.3 Å². The second-order valence-electron chi connectivity index (χ2n) is 4.51. The van der Waals surface area contributed by atoms with Crippen LogP contribution in [0.15, 0.2) is 12.1 Å². The van der Waals surface area contributed by atoms with Crippen LogP contribution in [0.1, 0.15) is 18.4 Å². The number of nitrogens with two attached hydrogens (primary N) is 1. The molecule has 1 aromatic carbocycles. The highest BCUT2D eigenvalue weighted by Crippen LogP contribution is 2.42. The molecule has 1 aliphatic rings. The molecule has 0 bridgehead atoms. The summed E-state index contributed by atoms with van der Waals surface area (Å²) in [5.74, 6) is 1.27. The second-order valence-corrected chi connectivity index (χ2v) is 6.03. The minimum atomic E-state index is 0.532. The molecule has 1 aromatic heterocycles. The first-order valence-electron chi connectivity index (χ1n) is 6.53. The number of fused-ring (bicyclic) bond motifs is 1. The van der Waals surface area contributed by atoms with E-state index in [4.69, 9.17) is 26.8 Å². The van der Waals surface area contributed by atoms with Crippen molar-refractivity contribution in [2.75, 3.05) is 18.9 Å². The van der Waals surface area contributed by atoms with Gasteiger partial charge in [-0.05, 0) is 18.6 Å². The van der Waals surface area contributed by atoms with Crippen molar-refractivity contribution in [1.29, 1.82) is 0 Å². The van der Waals surface area contributed by atoms with Crippen molar-refractivity contribution in [2.24, 2.45) is 0 Å². The largest absolute Gasteiger partial charge is 0.489 e. The van der Waals surface area contributed by atoms with Crippen molar-refractivity contribution in [2.45, 2.75) is 19.8 Å². The van der Waals surface area contributed by atoms with E-state index in [0.717, 1.165) is 29.1 Å². The summed E-state index contributed by atoms with van der Waals surface area (Å²) in [4.78, 5) is 4.55. The Kier molecular flexibility index (Phi) is 3.72. The highest BCUT2D eigenvalue weighted by molar-refractivity contribution is 7.16. The van der Waals surface area contributed by atoms with Gasteiger partial charge in [0.05, 0.1) is 23.2 Å². The lowest BCUT2D eigenvalue weighted by atomic mass is 10.1. The number of anilines is 1. The predicted molar refractivity (Wildman–Crippen MR) is 82.0 cm³/mol. The van der Waals surface area contributed by atoms with Crippen LogP contribution in [0.2, 0.25) is 5.02 Å². The lowest BCUT2D eigenvalue weighted by Crippen LogP contribution is -1.97. The number of thiazole rings is 1. The third kappa shape index (κ3) is 2.43. The van der Waals surface area contributed by atoms with Gasteiger partial charge in [-0.2, -0.15) is 0 Å². The molecule has 0 spiro atoms. The molecule has 2 N–H and O–H groups in total. The number of hydrogen-bond acceptors (Lipinski definition) is 5. The van der Waals surface area contributed by atoms with Gasteiger partial charge in [0.25, 0.3) is 0 Å². The van der Waals surface area contributed by atoms with Crippen LogP contribution in [0, 0.1) is 0 Å². The van der Waals surface area contributed by atoms with Crippen LogP contribution in [0.25, 0.3) is 11.3 Å². The summed E-state index contributed by atoms with van der Waals surface area (Å²) in [5, 5.41) is 2.25. The molecule has 0 aliphatic carbocycles.